The number of aromatic nitrogens is 1. The predicted molar refractivity (Wildman–Crippen MR) is 100 cm³/mol. The van der Waals surface area contributed by atoms with Crippen LogP contribution in [0.4, 0.5) is 11.5 Å². The van der Waals surface area contributed by atoms with Crippen LogP contribution in [-0.4, -0.2) is 21.3 Å². The van der Waals surface area contributed by atoms with Gasteiger partial charge in [0.1, 0.15) is 5.82 Å². The van der Waals surface area contributed by atoms with Gasteiger partial charge in [0, 0.05) is 12.1 Å². The van der Waals surface area contributed by atoms with Gasteiger partial charge in [-0.1, -0.05) is 24.3 Å². The molecule has 0 saturated carbocycles. The van der Waals surface area contributed by atoms with Crippen molar-refractivity contribution in [1.82, 2.24) is 9.88 Å². The van der Waals surface area contributed by atoms with Crippen LogP contribution in [0.15, 0.2) is 59.4 Å². The van der Waals surface area contributed by atoms with E-state index in [1.54, 1.807) is 42.5 Å². The molecule has 2 heterocycles. The Kier molecular flexibility index (Phi) is 3.78. The quantitative estimate of drug-likeness (QED) is 0.407. The number of amides is 2. The minimum Gasteiger partial charge on any atom is -0.384 e. The molecule has 4 rings (SSSR count). The second kappa shape index (κ2) is 6.16. The molecular formula is C19H12N4O5. The number of nitro benzene ring substituents is 1. The highest BCUT2D eigenvalue weighted by Gasteiger charge is 2.31. The number of carbonyl (C=O) groups excluding carboxylic acids is 2. The van der Waals surface area contributed by atoms with Crippen LogP contribution in [0.1, 0.15) is 20.7 Å². The van der Waals surface area contributed by atoms with Gasteiger partial charge in [0.05, 0.1) is 27.3 Å². The van der Waals surface area contributed by atoms with Gasteiger partial charge in [-0.15, -0.1) is 0 Å². The smallest absolute Gasteiger partial charge is 0.277 e. The van der Waals surface area contributed by atoms with Crippen molar-refractivity contribution in [3.8, 4) is 16.8 Å². The van der Waals surface area contributed by atoms with Crippen molar-refractivity contribution >= 4 is 23.3 Å². The van der Waals surface area contributed by atoms with Gasteiger partial charge in [0.2, 0.25) is 0 Å². The van der Waals surface area contributed by atoms with Gasteiger partial charge in [-0.05, 0) is 23.8 Å². The van der Waals surface area contributed by atoms with Gasteiger partial charge in [-0.2, -0.15) is 0 Å². The molecule has 1 aromatic heterocycles. The van der Waals surface area contributed by atoms with Crippen LogP contribution in [0, 0.1) is 10.1 Å². The molecule has 0 bridgehead atoms. The molecule has 28 heavy (non-hydrogen) atoms. The van der Waals surface area contributed by atoms with Crippen molar-refractivity contribution in [1.29, 1.82) is 0 Å². The Morgan fingerprint density at radius 1 is 0.929 bits per heavy atom. The van der Waals surface area contributed by atoms with Gasteiger partial charge in [0.15, 0.2) is 0 Å². The van der Waals surface area contributed by atoms with Crippen LogP contribution in [0.2, 0.25) is 0 Å². The molecule has 9 heteroatoms. The van der Waals surface area contributed by atoms with Crippen LogP contribution in [-0.2, 0) is 0 Å². The molecule has 138 valence electrons. The SMILES string of the molecule is Nc1c2c(cc(=O)n1-c1ccc(-c3ccccc3[N+](=O)[O-])cc1)C(=O)NC2=O. The Hall–Kier alpha value is -4.27. The molecule has 3 N–H and O–H groups in total. The van der Waals surface area contributed by atoms with Gasteiger partial charge in [0.25, 0.3) is 23.1 Å². The molecule has 0 unspecified atom stereocenters. The standard InChI is InChI=1S/C19H12N4O5/c20-17-16-13(18(25)21-19(16)26)9-15(24)22(17)11-7-5-10(6-8-11)12-3-1-2-4-14(12)23(27)28/h1-9H,20H2,(H,21,25,26). The number of para-hydroxylation sites is 1. The number of nitrogen functional groups attached to an aromatic ring is 1. The number of imide groups is 1. The first-order valence-corrected chi connectivity index (χ1v) is 8.14. The van der Waals surface area contributed by atoms with Gasteiger partial charge < -0.3 is 5.73 Å². The van der Waals surface area contributed by atoms with Crippen molar-refractivity contribution in [3.05, 3.63) is 86.2 Å². The van der Waals surface area contributed by atoms with Crippen molar-refractivity contribution in [2.75, 3.05) is 5.73 Å². The zero-order valence-corrected chi connectivity index (χ0v) is 14.2. The fourth-order valence-electron chi connectivity index (χ4n) is 3.21. The number of hydrogen-bond donors (Lipinski definition) is 2. The summed E-state index contributed by atoms with van der Waals surface area (Å²) in [4.78, 5) is 46.9. The first-order chi connectivity index (χ1) is 13.4. The lowest BCUT2D eigenvalue weighted by Crippen LogP contribution is -2.24. The molecule has 1 aliphatic heterocycles. The van der Waals surface area contributed by atoms with E-state index in [4.69, 9.17) is 5.73 Å². The molecule has 2 aromatic carbocycles. The summed E-state index contributed by atoms with van der Waals surface area (Å²) in [5.41, 5.74) is 6.65. The van der Waals surface area contributed by atoms with E-state index in [0.717, 1.165) is 10.6 Å². The molecule has 0 atom stereocenters. The minimum atomic E-state index is -0.664. The summed E-state index contributed by atoms with van der Waals surface area (Å²) in [6.45, 7) is 0. The number of hydrogen-bond acceptors (Lipinski definition) is 6. The summed E-state index contributed by atoms with van der Waals surface area (Å²) < 4.78 is 1.11. The molecule has 0 spiro atoms. The number of benzene rings is 2. The number of nitrogens with one attached hydrogen (secondary N) is 1. The Morgan fingerprint density at radius 2 is 1.61 bits per heavy atom. The number of fused-ring (bicyclic) bond motifs is 1. The van der Waals surface area contributed by atoms with Crippen LogP contribution in [0.3, 0.4) is 0 Å². The van der Waals surface area contributed by atoms with E-state index in [9.17, 15) is 24.5 Å². The van der Waals surface area contributed by atoms with Crippen LogP contribution in [0.25, 0.3) is 16.8 Å². The van der Waals surface area contributed by atoms with E-state index in [1.165, 1.54) is 6.07 Å². The maximum atomic E-state index is 12.5. The summed E-state index contributed by atoms with van der Waals surface area (Å²) in [6.07, 6.45) is 0. The summed E-state index contributed by atoms with van der Waals surface area (Å²) in [7, 11) is 0. The molecule has 3 aromatic rings. The third-order valence-electron chi connectivity index (χ3n) is 4.49. The number of pyridine rings is 1. The molecule has 0 saturated heterocycles. The fraction of sp³-hybridized carbons (Fsp3) is 0. The van der Waals surface area contributed by atoms with E-state index in [1.807, 2.05) is 0 Å². The zero-order valence-electron chi connectivity index (χ0n) is 14.2. The normalized spacial score (nSPS) is 12.6. The van der Waals surface area contributed by atoms with Crippen molar-refractivity contribution < 1.29 is 14.5 Å². The van der Waals surface area contributed by atoms with Crippen LogP contribution < -0.4 is 16.6 Å². The van der Waals surface area contributed by atoms with Crippen molar-refractivity contribution in [3.63, 3.8) is 0 Å². The number of nitrogens with zero attached hydrogens (tertiary/aromatic N) is 2. The van der Waals surface area contributed by atoms with Gasteiger partial charge in [-0.25, -0.2) is 0 Å². The maximum Gasteiger partial charge on any atom is 0.277 e. The number of anilines is 1. The molecule has 0 fully saturated rings. The minimum absolute atomic E-state index is 0.0420. The number of nitrogens with two attached hydrogens (primary N) is 1. The number of nitro groups is 1. The largest absolute Gasteiger partial charge is 0.384 e. The average Bonchev–Trinajstić information content (AvgIpc) is 2.96. The summed E-state index contributed by atoms with van der Waals surface area (Å²) >= 11 is 0. The predicted octanol–water partition coefficient (Wildman–Crippen LogP) is 1.88. The van der Waals surface area contributed by atoms with E-state index in [0.29, 0.717) is 16.8 Å². The highest BCUT2D eigenvalue weighted by Crippen LogP contribution is 2.30. The Morgan fingerprint density at radius 3 is 2.29 bits per heavy atom. The third-order valence-corrected chi connectivity index (χ3v) is 4.49. The number of carbonyl (C=O) groups is 2. The van der Waals surface area contributed by atoms with E-state index in [2.05, 4.69) is 5.32 Å². The van der Waals surface area contributed by atoms with E-state index < -0.39 is 22.3 Å². The van der Waals surface area contributed by atoms with Gasteiger partial charge in [-0.3, -0.25) is 34.4 Å². The zero-order chi connectivity index (χ0) is 20.0. The lowest BCUT2D eigenvalue weighted by molar-refractivity contribution is -0.384. The highest BCUT2D eigenvalue weighted by atomic mass is 16.6. The lowest BCUT2D eigenvalue weighted by Gasteiger charge is -2.12. The van der Waals surface area contributed by atoms with Gasteiger partial charge >= 0.3 is 0 Å². The highest BCUT2D eigenvalue weighted by molar-refractivity contribution is 6.23. The molecule has 2 amide bonds. The topological polar surface area (TPSA) is 137 Å². The summed E-state index contributed by atoms with van der Waals surface area (Å²) in [5, 5.41) is 13.3. The molecule has 0 radical (unpaired) electrons. The molecule has 9 nitrogen and oxygen atoms in total. The maximum absolute atomic E-state index is 12.5. The molecule has 0 aliphatic carbocycles. The lowest BCUT2D eigenvalue weighted by atomic mass is 10.0. The molecular weight excluding hydrogens is 364 g/mol. The Balaban J connectivity index is 1.83. The number of rotatable bonds is 3. The monoisotopic (exact) mass is 376 g/mol. The first-order valence-electron chi connectivity index (χ1n) is 8.14. The second-order valence-corrected chi connectivity index (χ2v) is 6.10. The average molecular weight is 376 g/mol. The third kappa shape index (κ3) is 2.53. The summed E-state index contributed by atoms with van der Waals surface area (Å²) in [5.74, 6) is -1.48. The van der Waals surface area contributed by atoms with E-state index >= 15 is 0 Å². The summed E-state index contributed by atoms with van der Waals surface area (Å²) in [6, 6.07) is 13.7. The Bertz CT molecular complexity index is 1230. The fourth-order valence-corrected chi connectivity index (χ4v) is 3.21. The van der Waals surface area contributed by atoms with E-state index in [-0.39, 0.29) is 22.6 Å². The molecule has 1 aliphatic rings. The Labute approximate surface area is 157 Å². The first kappa shape index (κ1) is 17.2. The second-order valence-electron chi connectivity index (χ2n) is 6.10. The van der Waals surface area contributed by atoms with Crippen LogP contribution in [0.5, 0.6) is 0 Å². The van der Waals surface area contributed by atoms with Crippen molar-refractivity contribution in [2.24, 2.45) is 0 Å². The van der Waals surface area contributed by atoms with Crippen molar-refractivity contribution in [2.45, 2.75) is 0 Å². The van der Waals surface area contributed by atoms with Crippen LogP contribution >= 0.6 is 0 Å².